The van der Waals surface area contributed by atoms with Crippen LogP contribution in [-0.2, 0) is 16.1 Å². The van der Waals surface area contributed by atoms with E-state index in [1.165, 1.54) is 43.7 Å². The molecule has 3 aromatic rings. The van der Waals surface area contributed by atoms with Gasteiger partial charge in [0.25, 0.3) is 5.91 Å². The Morgan fingerprint density at radius 3 is 2.67 bits per heavy atom. The van der Waals surface area contributed by atoms with Crippen LogP contribution < -0.4 is 10.1 Å². The second kappa shape index (κ2) is 9.17. The molecule has 1 N–H and O–H groups in total. The summed E-state index contributed by atoms with van der Waals surface area (Å²) in [4.78, 5) is 49.9. The molecule has 4 rings (SSSR count). The smallest absolute Gasteiger partial charge is 0.379 e. The van der Waals surface area contributed by atoms with Gasteiger partial charge in [-0.1, -0.05) is 15.9 Å². The van der Waals surface area contributed by atoms with E-state index < -0.39 is 23.9 Å². The predicted molar refractivity (Wildman–Crippen MR) is 115 cm³/mol. The van der Waals surface area contributed by atoms with Gasteiger partial charge in [-0.2, -0.15) is 0 Å². The van der Waals surface area contributed by atoms with Crippen molar-refractivity contribution in [3.8, 4) is 5.75 Å². The van der Waals surface area contributed by atoms with E-state index in [1.54, 1.807) is 18.2 Å². The van der Waals surface area contributed by atoms with Crippen LogP contribution in [0.1, 0.15) is 32.4 Å². The molecule has 0 radical (unpaired) electrons. The van der Waals surface area contributed by atoms with Gasteiger partial charge in [-0.3, -0.25) is 9.69 Å². The first-order valence-corrected chi connectivity index (χ1v) is 10.2. The summed E-state index contributed by atoms with van der Waals surface area (Å²) in [6.07, 6.45) is 2.73. The van der Waals surface area contributed by atoms with E-state index >= 15 is 0 Å². The maximum atomic E-state index is 12.8. The van der Waals surface area contributed by atoms with Crippen molar-refractivity contribution in [2.24, 2.45) is 0 Å². The lowest BCUT2D eigenvalue weighted by Crippen LogP contribution is -2.30. The summed E-state index contributed by atoms with van der Waals surface area (Å²) < 4.78 is 21.0. The van der Waals surface area contributed by atoms with Crippen LogP contribution in [0.2, 0.25) is 0 Å². The monoisotopic (exact) mass is 514 g/mol. The Labute approximate surface area is 194 Å². The summed E-state index contributed by atoms with van der Waals surface area (Å²) >= 11 is 3.33. The number of ether oxygens (including phenoxy) is 2. The van der Waals surface area contributed by atoms with E-state index in [9.17, 15) is 19.2 Å². The quantitative estimate of drug-likeness (QED) is 0.228. The van der Waals surface area contributed by atoms with Crippen molar-refractivity contribution < 1.29 is 37.5 Å². The number of carbonyl (C=O) groups is 4. The summed E-state index contributed by atoms with van der Waals surface area (Å²) in [5.74, 6) is -1.68. The van der Waals surface area contributed by atoms with Crippen LogP contribution in [0.3, 0.4) is 0 Å². The molecule has 0 aliphatic carbocycles. The standard InChI is InChI=1S/C22H15BrN2O8/c1-30-20(27)18-7-5-14(32-18)11-25-19(26)15(24-22(25)29)10-12-9-13(23)4-6-16(12)33-21(28)17-3-2-8-31-17/h2-10H,11H2,1H3,(H,24,29)/b15-10+. The SMILES string of the molecule is COC(=O)c1ccc(CN2C(=O)N/C(=C/c3cc(Br)ccc3OC(=O)c3ccco3)C2=O)o1. The zero-order valence-corrected chi connectivity index (χ0v) is 18.6. The first-order chi connectivity index (χ1) is 15.9. The molecule has 10 nitrogen and oxygen atoms in total. The topological polar surface area (TPSA) is 128 Å². The lowest BCUT2D eigenvalue weighted by molar-refractivity contribution is -0.123. The fraction of sp³-hybridized carbons (Fsp3) is 0.0909. The Kier molecular flexibility index (Phi) is 6.13. The maximum Gasteiger partial charge on any atom is 0.379 e. The number of esters is 2. The highest BCUT2D eigenvalue weighted by Crippen LogP contribution is 2.28. The van der Waals surface area contributed by atoms with E-state index in [-0.39, 0.29) is 35.3 Å². The number of methoxy groups -OCH3 is 1. The van der Waals surface area contributed by atoms with E-state index in [4.69, 9.17) is 13.6 Å². The third kappa shape index (κ3) is 4.72. The van der Waals surface area contributed by atoms with Crippen molar-refractivity contribution in [1.82, 2.24) is 10.2 Å². The van der Waals surface area contributed by atoms with Gasteiger partial charge in [0.15, 0.2) is 0 Å². The lowest BCUT2D eigenvalue weighted by atomic mass is 10.1. The van der Waals surface area contributed by atoms with Crippen LogP contribution in [-0.4, -0.2) is 35.9 Å². The third-order valence-electron chi connectivity index (χ3n) is 4.52. The number of benzene rings is 1. The molecule has 3 heterocycles. The van der Waals surface area contributed by atoms with Gasteiger partial charge in [0.1, 0.15) is 17.2 Å². The predicted octanol–water partition coefficient (Wildman–Crippen LogP) is 3.73. The molecule has 1 aromatic carbocycles. The Hall–Kier alpha value is -4.12. The summed E-state index contributed by atoms with van der Waals surface area (Å²) in [6, 6.07) is 10.00. The molecule has 1 aliphatic rings. The minimum absolute atomic E-state index is 0.0118. The van der Waals surface area contributed by atoms with Crippen molar-refractivity contribution in [1.29, 1.82) is 0 Å². The summed E-state index contributed by atoms with van der Waals surface area (Å²) in [5.41, 5.74) is 0.328. The fourth-order valence-corrected chi connectivity index (χ4v) is 3.35. The number of furan rings is 2. The van der Waals surface area contributed by atoms with Gasteiger partial charge in [0.2, 0.25) is 11.5 Å². The molecule has 0 saturated carbocycles. The van der Waals surface area contributed by atoms with Crippen LogP contribution in [0.15, 0.2) is 67.7 Å². The molecular formula is C22H15BrN2O8. The number of hydrogen-bond donors (Lipinski definition) is 1. The number of amides is 3. The van der Waals surface area contributed by atoms with Gasteiger partial charge >= 0.3 is 18.0 Å². The Morgan fingerprint density at radius 2 is 1.94 bits per heavy atom. The van der Waals surface area contributed by atoms with Crippen LogP contribution in [0.5, 0.6) is 5.75 Å². The van der Waals surface area contributed by atoms with Crippen molar-refractivity contribution >= 4 is 45.9 Å². The Bertz CT molecular complexity index is 1280. The second-order valence-corrected chi connectivity index (χ2v) is 7.60. The summed E-state index contributed by atoms with van der Waals surface area (Å²) in [5, 5.41) is 2.48. The highest BCUT2D eigenvalue weighted by atomic mass is 79.9. The molecule has 0 atom stereocenters. The molecule has 33 heavy (non-hydrogen) atoms. The molecule has 3 amide bonds. The van der Waals surface area contributed by atoms with Crippen LogP contribution >= 0.6 is 15.9 Å². The third-order valence-corrected chi connectivity index (χ3v) is 5.01. The minimum Gasteiger partial charge on any atom is -0.463 e. The van der Waals surface area contributed by atoms with Gasteiger partial charge in [-0.25, -0.2) is 14.4 Å². The molecule has 0 bridgehead atoms. The van der Waals surface area contributed by atoms with Gasteiger partial charge in [-0.05, 0) is 48.5 Å². The molecule has 11 heteroatoms. The summed E-state index contributed by atoms with van der Waals surface area (Å²) in [6.45, 7) is -0.197. The van der Waals surface area contributed by atoms with Crippen LogP contribution in [0.25, 0.3) is 6.08 Å². The van der Waals surface area contributed by atoms with E-state index in [0.717, 1.165) is 4.90 Å². The number of nitrogens with one attached hydrogen (secondary N) is 1. The molecule has 0 spiro atoms. The first kappa shape index (κ1) is 22.1. The number of nitrogens with zero attached hydrogens (tertiary/aromatic N) is 1. The molecule has 2 aromatic heterocycles. The Balaban J connectivity index is 1.56. The second-order valence-electron chi connectivity index (χ2n) is 6.69. The molecule has 0 unspecified atom stereocenters. The van der Waals surface area contributed by atoms with E-state index in [0.29, 0.717) is 10.0 Å². The number of urea groups is 1. The molecule has 168 valence electrons. The van der Waals surface area contributed by atoms with Gasteiger partial charge in [0.05, 0.1) is 19.9 Å². The van der Waals surface area contributed by atoms with Crippen LogP contribution in [0, 0.1) is 0 Å². The lowest BCUT2D eigenvalue weighted by Gasteiger charge is -2.09. The number of rotatable bonds is 6. The molecule has 1 saturated heterocycles. The average molecular weight is 515 g/mol. The van der Waals surface area contributed by atoms with Gasteiger partial charge in [-0.15, -0.1) is 0 Å². The number of carbonyl (C=O) groups excluding carboxylic acids is 4. The van der Waals surface area contributed by atoms with Crippen LogP contribution in [0.4, 0.5) is 4.79 Å². The van der Waals surface area contributed by atoms with Crippen molar-refractivity contribution in [3.05, 3.63) is 81.7 Å². The number of halogens is 1. The fourth-order valence-electron chi connectivity index (χ4n) is 2.97. The summed E-state index contributed by atoms with van der Waals surface area (Å²) in [7, 11) is 1.21. The Morgan fingerprint density at radius 1 is 1.12 bits per heavy atom. The maximum absolute atomic E-state index is 12.8. The average Bonchev–Trinajstić information content (AvgIpc) is 3.54. The first-order valence-electron chi connectivity index (χ1n) is 9.42. The highest BCUT2D eigenvalue weighted by Gasteiger charge is 2.34. The molecule has 1 fully saturated rings. The van der Waals surface area contributed by atoms with E-state index in [1.807, 2.05) is 0 Å². The van der Waals surface area contributed by atoms with Gasteiger partial charge < -0.3 is 23.6 Å². The van der Waals surface area contributed by atoms with Gasteiger partial charge in [0, 0.05) is 10.0 Å². The zero-order chi connectivity index (χ0) is 23.5. The highest BCUT2D eigenvalue weighted by molar-refractivity contribution is 9.10. The largest absolute Gasteiger partial charge is 0.463 e. The normalized spacial score (nSPS) is 14.5. The van der Waals surface area contributed by atoms with Crippen molar-refractivity contribution in [2.45, 2.75) is 6.54 Å². The molecular weight excluding hydrogens is 500 g/mol. The molecule has 1 aliphatic heterocycles. The van der Waals surface area contributed by atoms with Crippen molar-refractivity contribution in [3.63, 3.8) is 0 Å². The number of hydrogen-bond acceptors (Lipinski definition) is 8. The van der Waals surface area contributed by atoms with E-state index in [2.05, 4.69) is 26.0 Å². The van der Waals surface area contributed by atoms with Crippen molar-refractivity contribution in [2.75, 3.05) is 7.11 Å². The zero-order valence-electron chi connectivity index (χ0n) is 17.0. The minimum atomic E-state index is -0.718. The number of imide groups is 1.